The highest BCUT2D eigenvalue weighted by molar-refractivity contribution is 5.94. The van der Waals surface area contributed by atoms with Gasteiger partial charge in [-0.1, -0.05) is 13.8 Å². The molecule has 0 bridgehead atoms. The molecule has 0 aliphatic carbocycles. The number of hydrogen-bond acceptors (Lipinski definition) is 3. The molecule has 0 aliphatic heterocycles. The van der Waals surface area contributed by atoms with Gasteiger partial charge in [0.1, 0.15) is 0 Å². The van der Waals surface area contributed by atoms with Crippen molar-refractivity contribution in [2.75, 3.05) is 20.6 Å². The maximum atomic E-state index is 12.1. The first-order chi connectivity index (χ1) is 9.36. The summed E-state index contributed by atoms with van der Waals surface area (Å²) < 4.78 is 0. The minimum absolute atomic E-state index is 0.0333. The van der Waals surface area contributed by atoms with Gasteiger partial charge in [0, 0.05) is 38.3 Å². The van der Waals surface area contributed by atoms with E-state index in [1.807, 2.05) is 20.8 Å². The number of carbonyl (C=O) groups excluding carboxylic acids is 2. The average Bonchev–Trinajstić information content (AvgIpc) is 2.44. The zero-order valence-corrected chi connectivity index (χ0v) is 12.9. The highest BCUT2D eigenvalue weighted by Gasteiger charge is 2.15. The lowest BCUT2D eigenvalue weighted by Gasteiger charge is -2.19. The summed E-state index contributed by atoms with van der Waals surface area (Å²) in [6.45, 7) is 6.72. The number of pyridine rings is 1. The number of carbonyl (C=O) groups is 2. The van der Waals surface area contributed by atoms with E-state index in [-0.39, 0.29) is 17.7 Å². The summed E-state index contributed by atoms with van der Waals surface area (Å²) in [7, 11) is 3.51. The Morgan fingerprint density at radius 2 is 1.90 bits per heavy atom. The van der Waals surface area contributed by atoms with Crippen molar-refractivity contribution < 1.29 is 9.59 Å². The molecule has 0 saturated carbocycles. The molecule has 5 heteroatoms. The molecule has 0 N–H and O–H groups in total. The molecule has 0 saturated heterocycles. The van der Waals surface area contributed by atoms with Crippen molar-refractivity contribution in [3.63, 3.8) is 0 Å². The monoisotopic (exact) mass is 277 g/mol. The number of hydrogen-bond donors (Lipinski definition) is 0. The van der Waals surface area contributed by atoms with Crippen LogP contribution in [0.25, 0.3) is 0 Å². The van der Waals surface area contributed by atoms with Crippen LogP contribution < -0.4 is 0 Å². The van der Waals surface area contributed by atoms with Crippen LogP contribution in [0.1, 0.15) is 36.8 Å². The van der Waals surface area contributed by atoms with E-state index in [9.17, 15) is 9.59 Å². The van der Waals surface area contributed by atoms with E-state index < -0.39 is 0 Å². The third kappa shape index (κ3) is 4.05. The van der Waals surface area contributed by atoms with E-state index >= 15 is 0 Å². The van der Waals surface area contributed by atoms with Gasteiger partial charge in [-0.3, -0.25) is 14.6 Å². The summed E-state index contributed by atoms with van der Waals surface area (Å²) in [5, 5.41) is 0. The van der Waals surface area contributed by atoms with Crippen LogP contribution in [-0.2, 0) is 11.3 Å². The third-order valence-corrected chi connectivity index (χ3v) is 3.15. The zero-order chi connectivity index (χ0) is 15.3. The minimum atomic E-state index is -0.0453. The summed E-state index contributed by atoms with van der Waals surface area (Å²) >= 11 is 0. The van der Waals surface area contributed by atoms with Crippen LogP contribution in [-0.4, -0.2) is 47.2 Å². The average molecular weight is 277 g/mol. The van der Waals surface area contributed by atoms with E-state index in [0.29, 0.717) is 18.7 Å². The minimum Gasteiger partial charge on any atom is -0.342 e. The first kappa shape index (κ1) is 16.1. The molecule has 1 aromatic heterocycles. The first-order valence-corrected chi connectivity index (χ1v) is 6.82. The van der Waals surface area contributed by atoms with Crippen molar-refractivity contribution in [2.45, 2.75) is 27.3 Å². The van der Waals surface area contributed by atoms with Gasteiger partial charge in [0.2, 0.25) is 5.91 Å². The van der Waals surface area contributed by atoms with Gasteiger partial charge in [-0.2, -0.15) is 0 Å². The normalized spacial score (nSPS) is 10.5. The second-order valence-corrected chi connectivity index (χ2v) is 5.20. The van der Waals surface area contributed by atoms with Crippen molar-refractivity contribution >= 4 is 11.8 Å². The number of aromatic nitrogens is 1. The van der Waals surface area contributed by atoms with Crippen LogP contribution in [0, 0.1) is 5.92 Å². The molecule has 1 heterocycles. The molecule has 0 aromatic carbocycles. The Morgan fingerprint density at radius 1 is 1.25 bits per heavy atom. The fraction of sp³-hybridized carbons (Fsp3) is 0.533. The Morgan fingerprint density at radius 3 is 2.45 bits per heavy atom. The van der Waals surface area contributed by atoms with Crippen molar-refractivity contribution in [1.82, 2.24) is 14.8 Å². The van der Waals surface area contributed by atoms with Crippen molar-refractivity contribution in [3.8, 4) is 0 Å². The predicted molar refractivity (Wildman–Crippen MR) is 78.2 cm³/mol. The van der Waals surface area contributed by atoms with Gasteiger partial charge in [0.25, 0.3) is 5.91 Å². The molecular formula is C15H23N3O2. The highest BCUT2D eigenvalue weighted by Crippen LogP contribution is 2.09. The fourth-order valence-electron chi connectivity index (χ4n) is 1.82. The maximum absolute atomic E-state index is 12.1. The van der Waals surface area contributed by atoms with Crippen LogP contribution in [0.3, 0.4) is 0 Å². The predicted octanol–water partition coefficient (Wildman–Crippen LogP) is 1.79. The number of nitrogens with zero attached hydrogens (tertiary/aromatic N) is 3. The molecule has 20 heavy (non-hydrogen) atoms. The van der Waals surface area contributed by atoms with Gasteiger partial charge in [0.05, 0.1) is 12.2 Å². The van der Waals surface area contributed by atoms with E-state index in [1.165, 1.54) is 0 Å². The number of amides is 2. The van der Waals surface area contributed by atoms with Crippen LogP contribution in [0.4, 0.5) is 0 Å². The smallest absolute Gasteiger partial charge is 0.253 e. The maximum Gasteiger partial charge on any atom is 0.253 e. The lowest BCUT2D eigenvalue weighted by atomic mass is 10.1. The molecule has 0 spiro atoms. The second kappa shape index (κ2) is 7.03. The molecule has 0 atom stereocenters. The Labute approximate surface area is 120 Å². The van der Waals surface area contributed by atoms with Gasteiger partial charge >= 0.3 is 0 Å². The molecule has 1 rings (SSSR count). The fourth-order valence-corrected chi connectivity index (χ4v) is 1.82. The van der Waals surface area contributed by atoms with Crippen LogP contribution >= 0.6 is 0 Å². The lowest BCUT2D eigenvalue weighted by molar-refractivity contribution is -0.133. The third-order valence-electron chi connectivity index (χ3n) is 3.15. The Kier molecular flexibility index (Phi) is 5.67. The van der Waals surface area contributed by atoms with Gasteiger partial charge in [-0.15, -0.1) is 0 Å². The lowest BCUT2D eigenvalue weighted by Crippen LogP contribution is -2.30. The topological polar surface area (TPSA) is 53.5 Å². The highest BCUT2D eigenvalue weighted by atomic mass is 16.2. The van der Waals surface area contributed by atoms with E-state index in [0.717, 1.165) is 5.69 Å². The summed E-state index contributed by atoms with van der Waals surface area (Å²) in [5.74, 6) is -0.0146. The SMILES string of the molecule is CCN(C)C(=O)c1ccnc(CN(C)C(=O)C(C)C)c1. The molecule has 0 unspecified atom stereocenters. The summed E-state index contributed by atoms with van der Waals surface area (Å²) in [6.07, 6.45) is 1.61. The van der Waals surface area contributed by atoms with Gasteiger partial charge in [-0.25, -0.2) is 0 Å². The van der Waals surface area contributed by atoms with E-state index in [2.05, 4.69) is 4.98 Å². The van der Waals surface area contributed by atoms with E-state index in [1.54, 1.807) is 42.2 Å². The molecule has 0 radical (unpaired) electrons. The molecule has 2 amide bonds. The van der Waals surface area contributed by atoms with Crippen LogP contribution in [0.15, 0.2) is 18.3 Å². The molecule has 0 aliphatic rings. The molecule has 110 valence electrons. The van der Waals surface area contributed by atoms with Crippen LogP contribution in [0.2, 0.25) is 0 Å². The number of rotatable bonds is 5. The second-order valence-electron chi connectivity index (χ2n) is 5.20. The summed E-state index contributed by atoms with van der Waals surface area (Å²) in [6, 6.07) is 3.45. The molecular weight excluding hydrogens is 254 g/mol. The summed E-state index contributed by atoms with van der Waals surface area (Å²) in [4.78, 5) is 31.4. The van der Waals surface area contributed by atoms with Gasteiger partial charge < -0.3 is 9.80 Å². The first-order valence-electron chi connectivity index (χ1n) is 6.82. The van der Waals surface area contributed by atoms with Crippen LogP contribution in [0.5, 0.6) is 0 Å². The molecule has 1 aromatic rings. The van der Waals surface area contributed by atoms with Crippen molar-refractivity contribution in [3.05, 3.63) is 29.6 Å². The quantitative estimate of drug-likeness (QED) is 0.824. The Balaban J connectivity index is 2.83. The molecule has 5 nitrogen and oxygen atoms in total. The van der Waals surface area contributed by atoms with Gasteiger partial charge in [0.15, 0.2) is 0 Å². The Bertz CT molecular complexity index is 486. The summed E-state index contributed by atoms with van der Waals surface area (Å²) in [5.41, 5.74) is 1.32. The Hall–Kier alpha value is -1.91. The standard InChI is InChI=1S/C15H23N3O2/c1-6-17(4)15(20)12-7-8-16-13(9-12)10-18(5)14(19)11(2)3/h7-9,11H,6,10H2,1-5H3. The van der Waals surface area contributed by atoms with Gasteiger partial charge in [-0.05, 0) is 19.1 Å². The molecule has 0 fully saturated rings. The largest absolute Gasteiger partial charge is 0.342 e. The van der Waals surface area contributed by atoms with Crippen molar-refractivity contribution in [1.29, 1.82) is 0 Å². The van der Waals surface area contributed by atoms with E-state index in [4.69, 9.17) is 0 Å². The van der Waals surface area contributed by atoms with Crippen molar-refractivity contribution in [2.24, 2.45) is 5.92 Å². The zero-order valence-electron chi connectivity index (χ0n) is 12.9.